The highest BCUT2D eigenvalue weighted by molar-refractivity contribution is 8.13. The van der Waals surface area contributed by atoms with E-state index in [-0.39, 0.29) is 0 Å². The average molecular weight is 259 g/mol. The first kappa shape index (κ1) is 13.2. The lowest BCUT2D eigenvalue weighted by molar-refractivity contribution is 0.344. The third-order valence-electron chi connectivity index (χ3n) is 1.74. The molecule has 0 atom stereocenters. The van der Waals surface area contributed by atoms with Gasteiger partial charge in [0.1, 0.15) is 5.75 Å². The van der Waals surface area contributed by atoms with Gasteiger partial charge in [-0.15, -0.1) is 0 Å². The molecule has 0 heterocycles. The SMILES string of the molecule is CCN=C(N)SCCOc1ccccc1Cl. The van der Waals surface area contributed by atoms with E-state index in [0.29, 0.717) is 29.1 Å². The van der Waals surface area contributed by atoms with Crippen molar-refractivity contribution >= 4 is 28.5 Å². The van der Waals surface area contributed by atoms with Crippen LogP contribution in [0.25, 0.3) is 0 Å². The summed E-state index contributed by atoms with van der Waals surface area (Å²) in [6.45, 7) is 3.23. The monoisotopic (exact) mass is 258 g/mol. The van der Waals surface area contributed by atoms with Gasteiger partial charge in [-0.05, 0) is 19.1 Å². The quantitative estimate of drug-likeness (QED) is 0.502. The molecule has 0 bridgehead atoms. The Bertz CT molecular complexity index is 358. The minimum absolute atomic E-state index is 0.564. The van der Waals surface area contributed by atoms with Crippen LogP contribution in [-0.2, 0) is 0 Å². The van der Waals surface area contributed by atoms with E-state index in [1.807, 2.05) is 25.1 Å². The molecule has 0 spiro atoms. The van der Waals surface area contributed by atoms with Crippen molar-refractivity contribution in [1.82, 2.24) is 0 Å². The normalized spacial score (nSPS) is 11.5. The first-order valence-corrected chi connectivity index (χ1v) is 6.40. The standard InChI is InChI=1S/C11H15ClN2OS/c1-2-14-11(13)16-8-7-15-10-6-4-3-5-9(10)12/h3-6H,2,7-8H2,1H3,(H2,13,14). The van der Waals surface area contributed by atoms with E-state index in [4.69, 9.17) is 22.1 Å². The molecule has 0 radical (unpaired) electrons. The van der Waals surface area contributed by atoms with Crippen LogP contribution in [0, 0.1) is 0 Å². The average Bonchev–Trinajstić information content (AvgIpc) is 2.27. The van der Waals surface area contributed by atoms with Crippen LogP contribution in [0.2, 0.25) is 5.02 Å². The van der Waals surface area contributed by atoms with Crippen LogP contribution in [0.3, 0.4) is 0 Å². The Hall–Kier alpha value is -0.870. The molecule has 1 rings (SSSR count). The Morgan fingerprint density at radius 1 is 1.50 bits per heavy atom. The van der Waals surface area contributed by atoms with Crippen LogP contribution in [0.15, 0.2) is 29.3 Å². The molecule has 0 aliphatic carbocycles. The third-order valence-corrected chi connectivity index (χ3v) is 2.85. The van der Waals surface area contributed by atoms with Gasteiger partial charge in [0.25, 0.3) is 0 Å². The van der Waals surface area contributed by atoms with Crippen LogP contribution in [0.1, 0.15) is 6.92 Å². The molecule has 0 aliphatic heterocycles. The van der Waals surface area contributed by atoms with Gasteiger partial charge >= 0.3 is 0 Å². The van der Waals surface area contributed by atoms with Crippen molar-refractivity contribution in [2.24, 2.45) is 10.7 Å². The molecule has 0 fully saturated rings. The number of nitrogens with two attached hydrogens (primary N) is 1. The van der Waals surface area contributed by atoms with Crippen molar-refractivity contribution in [2.75, 3.05) is 18.9 Å². The third kappa shape index (κ3) is 4.77. The zero-order valence-electron chi connectivity index (χ0n) is 9.15. The smallest absolute Gasteiger partial charge is 0.154 e. The van der Waals surface area contributed by atoms with Crippen molar-refractivity contribution in [3.05, 3.63) is 29.3 Å². The molecule has 0 saturated carbocycles. The molecule has 0 amide bonds. The number of benzene rings is 1. The van der Waals surface area contributed by atoms with Gasteiger partial charge in [0.2, 0.25) is 0 Å². The Balaban J connectivity index is 2.26. The highest BCUT2D eigenvalue weighted by Gasteiger charge is 1.99. The predicted octanol–water partition coefficient (Wildman–Crippen LogP) is 2.79. The molecule has 0 saturated heterocycles. The number of thioether (sulfide) groups is 1. The van der Waals surface area contributed by atoms with Crippen molar-refractivity contribution in [1.29, 1.82) is 0 Å². The molecule has 1 aromatic carbocycles. The van der Waals surface area contributed by atoms with E-state index in [0.717, 1.165) is 5.75 Å². The molecule has 0 aromatic heterocycles. The van der Waals surface area contributed by atoms with Gasteiger partial charge in [0.05, 0.1) is 11.6 Å². The van der Waals surface area contributed by atoms with Crippen molar-refractivity contribution in [2.45, 2.75) is 6.92 Å². The highest BCUT2D eigenvalue weighted by atomic mass is 35.5. The largest absolute Gasteiger partial charge is 0.491 e. The van der Waals surface area contributed by atoms with Gasteiger partial charge in [-0.1, -0.05) is 35.5 Å². The summed E-state index contributed by atoms with van der Waals surface area (Å²) >= 11 is 7.42. The first-order valence-electron chi connectivity index (χ1n) is 5.04. The van der Waals surface area contributed by atoms with E-state index in [1.165, 1.54) is 11.8 Å². The van der Waals surface area contributed by atoms with Crippen molar-refractivity contribution in [3.8, 4) is 5.75 Å². The second kappa shape index (κ2) is 7.41. The number of hydrogen-bond acceptors (Lipinski definition) is 3. The minimum Gasteiger partial charge on any atom is -0.491 e. The van der Waals surface area contributed by atoms with Gasteiger partial charge < -0.3 is 10.5 Å². The van der Waals surface area contributed by atoms with Gasteiger partial charge in [-0.25, -0.2) is 0 Å². The van der Waals surface area contributed by atoms with Crippen LogP contribution in [0.4, 0.5) is 0 Å². The van der Waals surface area contributed by atoms with Gasteiger partial charge in [0.15, 0.2) is 5.17 Å². The maximum Gasteiger partial charge on any atom is 0.154 e. The van der Waals surface area contributed by atoms with E-state index in [2.05, 4.69) is 4.99 Å². The number of halogens is 1. The van der Waals surface area contributed by atoms with Gasteiger partial charge in [0, 0.05) is 12.3 Å². The molecule has 0 aliphatic rings. The number of rotatable bonds is 5. The molecular weight excluding hydrogens is 244 g/mol. The lowest BCUT2D eigenvalue weighted by Crippen LogP contribution is -2.10. The zero-order valence-corrected chi connectivity index (χ0v) is 10.7. The molecule has 2 N–H and O–H groups in total. The number of para-hydroxylation sites is 1. The number of aliphatic imine (C=N–C) groups is 1. The Kier molecular flexibility index (Phi) is 6.11. The lowest BCUT2D eigenvalue weighted by atomic mass is 10.3. The number of ether oxygens (including phenoxy) is 1. The van der Waals surface area contributed by atoms with E-state index < -0.39 is 0 Å². The van der Waals surface area contributed by atoms with Crippen LogP contribution < -0.4 is 10.5 Å². The maximum atomic E-state index is 5.94. The molecule has 0 unspecified atom stereocenters. The Morgan fingerprint density at radius 3 is 2.94 bits per heavy atom. The van der Waals surface area contributed by atoms with E-state index in [1.54, 1.807) is 6.07 Å². The fourth-order valence-electron chi connectivity index (χ4n) is 1.06. The Labute approximate surface area is 105 Å². The predicted molar refractivity (Wildman–Crippen MR) is 71.6 cm³/mol. The fraction of sp³-hybridized carbons (Fsp3) is 0.364. The number of amidine groups is 1. The van der Waals surface area contributed by atoms with E-state index >= 15 is 0 Å². The molecule has 88 valence electrons. The number of nitrogens with zero attached hydrogens (tertiary/aromatic N) is 1. The molecule has 5 heteroatoms. The first-order chi connectivity index (χ1) is 7.74. The second-order valence-corrected chi connectivity index (χ2v) is 4.46. The summed E-state index contributed by atoms with van der Waals surface area (Å²) in [6.07, 6.45) is 0. The molecular formula is C11H15ClN2OS. The summed E-state index contributed by atoms with van der Waals surface area (Å²) in [5.74, 6) is 1.47. The summed E-state index contributed by atoms with van der Waals surface area (Å²) in [4.78, 5) is 4.06. The van der Waals surface area contributed by atoms with Gasteiger partial charge in [-0.3, -0.25) is 4.99 Å². The minimum atomic E-state index is 0.564. The molecule has 1 aromatic rings. The van der Waals surface area contributed by atoms with Crippen LogP contribution in [-0.4, -0.2) is 24.1 Å². The van der Waals surface area contributed by atoms with Crippen molar-refractivity contribution in [3.63, 3.8) is 0 Å². The summed E-state index contributed by atoms with van der Waals surface area (Å²) in [5, 5.41) is 1.23. The maximum absolute atomic E-state index is 5.94. The van der Waals surface area contributed by atoms with Crippen LogP contribution >= 0.6 is 23.4 Å². The summed E-state index contributed by atoms with van der Waals surface area (Å²) in [5.41, 5.74) is 5.62. The molecule has 3 nitrogen and oxygen atoms in total. The molecule has 16 heavy (non-hydrogen) atoms. The zero-order chi connectivity index (χ0) is 11.8. The topological polar surface area (TPSA) is 47.6 Å². The summed E-state index contributed by atoms with van der Waals surface area (Å²) in [7, 11) is 0. The van der Waals surface area contributed by atoms with E-state index in [9.17, 15) is 0 Å². The van der Waals surface area contributed by atoms with Crippen molar-refractivity contribution < 1.29 is 4.74 Å². The van der Waals surface area contributed by atoms with Gasteiger partial charge in [-0.2, -0.15) is 0 Å². The lowest BCUT2D eigenvalue weighted by Gasteiger charge is -2.06. The summed E-state index contributed by atoms with van der Waals surface area (Å²) < 4.78 is 5.50. The second-order valence-electron chi connectivity index (χ2n) is 2.94. The fourth-order valence-corrected chi connectivity index (χ4v) is 1.85. The summed E-state index contributed by atoms with van der Waals surface area (Å²) in [6, 6.07) is 7.41. The highest BCUT2D eigenvalue weighted by Crippen LogP contribution is 2.23. The van der Waals surface area contributed by atoms with Crippen LogP contribution in [0.5, 0.6) is 5.75 Å². The Morgan fingerprint density at radius 2 is 2.25 bits per heavy atom. The number of hydrogen-bond donors (Lipinski definition) is 1.